The minimum absolute atomic E-state index is 0.545. The fourth-order valence-electron chi connectivity index (χ4n) is 1.10. The Labute approximate surface area is 85.2 Å². The lowest BCUT2D eigenvalue weighted by Crippen LogP contribution is -1.72. The van der Waals surface area contributed by atoms with Crippen LogP contribution in [0, 0.1) is 6.92 Å². The molecule has 0 bridgehead atoms. The summed E-state index contributed by atoms with van der Waals surface area (Å²) >= 11 is 7.42. The van der Waals surface area contributed by atoms with E-state index in [9.17, 15) is 0 Å². The van der Waals surface area contributed by atoms with Crippen molar-refractivity contribution in [2.75, 3.05) is 0 Å². The van der Waals surface area contributed by atoms with Gasteiger partial charge in [0.05, 0.1) is 11.1 Å². The first kappa shape index (κ1) is 8.78. The number of nitrogens with zero attached hydrogens (tertiary/aromatic N) is 1. The van der Waals surface area contributed by atoms with Crippen LogP contribution in [-0.4, -0.2) is 4.98 Å². The third-order valence-electron chi connectivity index (χ3n) is 1.81. The fourth-order valence-corrected chi connectivity index (χ4v) is 2.44. The van der Waals surface area contributed by atoms with E-state index in [1.165, 1.54) is 4.88 Å². The molecule has 0 N–H and O–H groups in total. The van der Waals surface area contributed by atoms with Gasteiger partial charge in [-0.3, -0.25) is 0 Å². The lowest BCUT2D eigenvalue weighted by Gasteiger charge is -1.86. The van der Waals surface area contributed by atoms with Gasteiger partial charge in [0.15, 0.2) is 0 Å². The molecule has 0 amide bonds. The van der Waals surface area contributed by atoms with E-state index in [0.717, 1.165) is 10.4 Å². The number of rotatable bonds is 2. The van der Waals surface area contributed by atoms with Crippen molar-refractivity contribution in [1.29, 1.82) is 0 Å². The molecule has 13 heavy (non-hydrogen) atoms. The normalized spacial score (nSPS) is 10.6. The maximum absolute atomic E-state index is 5.76. The van der Waals surface area contributed by atoms with Gasteiger partial charge in [-0.2, -0.15) is 0 Å². The predicted octanol–water partition coefficient (Wildman–Crippen LogP) is 3.45. The largest absolute Gasteiger partial charge is 0.444 e. The number of oxazole rings is 1. The van der Waals surface area contributed by atoms with Crippen LogP contribution in [0.4, 0.5) is 0 Å². The highest BCUT2D eigenvalue weighted by Crippen LogP contribution is 2.30. The van der Waals surface area contributed by atoms with E-state index in [1.807, 2.05) is 6.07 Å². The molecule has 2 rings (SSSR count). The van der Waals surface area contributed by atoms with Gasteiger partial charge < -0.3 is 4.42 Å². The van der Waals surface area contributed by atoms with Crippen LogP contribution < -0.4 is 0 Å². The molecule has 0 radical (unpaired) electrons. The third-order valence-corrected chi connectivity index (χ3v) is 3.18. The quantitative estimate of drug-likeness (QED) is 0.715. The summed E-state index contributed by atoms with van der Waals surface area (Å²) in [4.78, 5) is 6.34. The van der Waals surface area contributed by atoms with Crippen molar-refractivity contribution < 1.29 is 4.42 Å². The van der Waals surface area contributed by atoms with Crippen molar-refractivity contribution in [3.8, 4) is 10.8 Å². The van der Waals surface area contributed by atoms with Gasteiger partial charge in [-0.25, -0.2) is 4.98 Å². The van der Waals surface area contributed by atoms with Crippen LogP contribution in [0.3, 0.4) is 0 Å². The van der Waals surface area contributed by atoms with Crippen LogP contribution in [0.1, 0.15) is 10.4 Å². The number of aromatic nitrogens is 1. The molecule has 0 saturated heterocycles. The van der Waals surface area contributed by atoms with Gasteiger partial charge in [0.25, 0.3) is 0 Å². The Morgan fingerprint density at radius 2 is 2.46 bits per heavy atom. The second-order valence-corrected chi connectivity index (χ2v) is 4.19. The number of hydrogen-bond acceptors (Lipinski definition) is 3. The zero-order valence-electron chi connectivity index (χ0n) is 7.08. The molecule has 0 aliphatic rings. The second kappa shape index (κ2) is 3.52. The lowest BCUT2D eigenvalue weighted by molar-refractivity contribution is 0.576. The third kappa shape index (κ3) is 1.62. The van der Waals surface area contributed by atoms with Crippen LogP contribution in [0.5, 0.6) is 0 Å². The van der Waals surface area contributed by atoms with Crippen molar-refractivity contribution in [3.05, 3.63) is 29.0 Å². The molecule has 2 aromatic heterocycles. The van der Waals surface area contributed by atoms with Crippen LogP contribution in [0.25, 0.3) is 10.8 Å². The maximum Gasteiger partial charge on any atom is 0.236 e. The summed E-state index contributed by atoms with van der Waals surface area (Å²) in [6, 6.07) is 2.03. The van der Waals surface area contributed by atoms with Gasteiger partial charge in [0, 0.05) is 10.8 Å². The van der Waals surface area contributed by atoms with Crippen molar-refractivity contribution in [3.63, 3.8) is 0 Å². The monoisotopic (exact) mass is 213 g/mol. The lowest BCUT2D eigenvalue weighted by atomic mass is 10.3. The summed E-state index contributed by atoms with van der Waals surface area (Å²) in [5, 5.41) is 0. The van der Waals surface area contributed by atoms with Crippen LogP contribution in [-0.2, 0) is 5.88 Å². The Morgan fingerprint density at radius 1 is 1.62 bits per heavy atom. The number of hydrogen-bond donors (Lipinski definition) is 0. The molecule has 0 spiro atoms. The average Bonchev–Trinajstić information content (AvgIpc) is 2.71. The summed E-state index contributed by atoms with van der Waals surface area (Å²) in [6.07, 6.45) is 3.22. The van der Waals surface area contributed by atoms with E-state index in [1.54, 1.807) is 23.8 Å². The molecule has 0 unspecified atom stereocenters. The minimum Gasteiger partial charge on any atom is -0.444 e. The number of aryl methyl sites for hydroxylation is 1. The highest BCUT2D eigenvalue weighted by Gasteiger charge is 2.09. The topological polar surface area (TPSA) is 26.0 Å². The first-order chi connectivity index (χ1) is 6.31. The van der Waals surface area contributed by atoms with E-state index < -0.39 is 0 Å². The summed E-state index contributed by atoms with van der Waals surface area (Å²) in [5.74, 6) is 1.22. The smallest absolute Gasteiger partial charge is 0.236 e. The Balaban J connectivity index is 2.43. The Bertz CT molecular complexity index is 394. The highest BCUT2D eigenvalue weighted by atomic mass is 35.5. The molecule has 68 valence electrons. The van der Waals surface area contributed by atoms with Gasteiger partial charge in [0.2, 0.25) is 5.89 Å². The second-order valence-electron chi connectivity index (χ2n) is 2.66. The predicted molar refractivity (Wildman–Crippen MR) is 54.1 cm³/mol. The van der Waals surface area contributed by atoms with Gasteiger partial charge in [-0.15, -0.1) is 22.9 Å². The molecular formula is C9H8ClNOS. The van der Waals surface area contributed by atoms with Gasteiger partial charge in [-0.1, -0.05) is 0 Å². The maximum atomic E-state index is 5.76. The standard InChI is InChI=1S/C9H8ClNOS/c1-6-7(5-10)4-8(13-6)9-11-2-3-12-9/h2-4H,5H2,1H3. The molecule has 0 aliphatic heterocycles. The molecule has 0 fully saturated rings. The van der Waals surface area contributed by atoms with Gasteiger partial charge in [-0.05, 0) is 18.6 Å². The van der Waals surface area contributed by atoms with Crippen LogP contribution >= 0.6 is 22.9 Å². The van der Waals surface area contributed by atoms with Crippen molar-refractivity contribution in [2.45, 2.75) is 12.8 Å². The highest BCUT2D eigenvalue weighted by molar-refractivity contribution is 7.15. The average molecular weight is 214 g/mol. The number of alkyl halides is 1. The van der Waals surface area contributed by atoms with E-state index in [0.29, 0.717) is 11.8 Å². The van der Waals surface area contributed by atoms with E-state index in [-0.39, 0.29) is 0 Å². The fraction of sp³-hybridized carbons (Fsp3) is 0.222. The Morgan fingerprint density at radius 3 is 3.00 bits per heavy atom. The molecular weight excluding hydrogens is 206 g/mol. The zero-order chi connectivity index (χ0) is 9.26. The molecule has 4 heteroatoms. The van der Waals surface area contributed by atoms with Crippen LogP contribution in [0.2, 0.25) is 0 Å². The molecule has 0 aliphatic carbocycles. The summed E-state index contributed by atoms with van der Waals surface area (Å²) in [6.45, 7) is 2.05. The zero-order valence-corrected chi connectivity index (χ0v) is 8.65. The molecule has 0 atom stereocenters. The van der Waals surface area contributed by atoms with E-state index >= 15 is 0 Å². The van der Waals surface area contributed by atoms with Gasteiger partial charge >= 0.3 is 0 Å². The Kier molecular flexibility index (Phi) is 2.38. The molecule has 2 aromatic rings. The summed E-state index contributed by atoms with van der Waals surface area (Å²) in [5.41, 5.74) is 1.15. The first-order valence-corrected chi connectivity index (χ1v) is 5.21. The molecule has 2 nitrogen and oxygen atoms in total. The minimum atomic E-state index is 0.545. The number of halogens is 1. The SMILES string of the molecule is Cc1sc(-c2ncco2)cc1CCl. The van der Waals surface area contributed by atoms with Crippen molar-refractivity contribution >= 4 is 22.9 Å². The van der Waals surface area contributed by atoms with Crippen LogP contribution in [0.15, 0.2) is 22.9 Å². The van der Waals surface area contributed by atoms with E-state index in [4.69, 9.17) is 16.0 Å². The van der Waals surface area contributed by atoms with Crippen molar-refractivity contribution in [2.24, 2.45) is 0 Å². The molecule has 0 aromatic carbocycles. The number of thiophene rings is 1. The summed E-state index contributed by atoms with van der Waals surface area (Å²) < 4.78 is 5.19. The summed E-state index contributed by atoms with van der Waals surface area (Å²) in [7, 11) is 0. The van der Waals surface area contributed by atoms with Crippen molar-refractivity contribution in [1.82, 2.24) is 4.98 Å². The van der Waals surface area contributed by atoms with E-state index in [2.05, 4.69) is 11.9 Å². The van der Waals surface area contributed by atoms with Gasteiger partial charge in [0.1, 0.15) is 6.26 Å². The first-order valence-electron chi connectivity index (χ1n) is 3.86. The molecule has 0 saturated carbocycles. The molecule has 2 heterocycles. The Hall–Kier alpha value is -0.800.